The van der Waals surface area contributed by atoms with Crippen LogP contribution in [0.2, 0.25) is 0 Å². The second kappa shape index (κ2) is 6.95. The van der Waals surface area contributed by atoms with Gasteiger partial charge < -0.3 is 14.4 Å². The van der Waals surface area contributed by atoms with Gasteiger partial charge in [0.15, 0.2) is 0 Å². The minimum atomic E-state index is -0.0792. The quantitative estimate of drug-likeness (QED) is 0.802. The highest BCUT2D eigenvalue weighted by molar-refractivity contribution is 6.18. The Hall–Kier alpha value is -1.26. The Labute approximate surface area is 124 Å². The van der Waals surface area contributed by atoms with Gasteiger partial charge in [-0.25, -0.2) is 0 Å². The smallest absolute Gasteiger partial charge is 0.254 e. The predicted molar refractivity (Wildman–Crippen MR) is 78.6 cm³/mol. The molecule has 1 aromatic carbocycles. The van der Waals surface area contributed by atoms with Crippen LogP contribution in [0.25, 0.3) is 0 Å². The molecule has 0 aromatic heterocycles. The number of rotatable bonds is 4. The monoisotopic (exact) mass is 297 g/mol. The maximum absolute atomic E-state index is 12.5. The van der Waals surface area contributed by atoms with E-state index in [0.717, 1.165) is 0 Å². The molecule has 0 spiro atoms. The zero-order valence-corrected chi connectivity index (χ0v) is 12.6. The number of morpholine rings is 1. The van der Waals surface area contributed by atoms with Crippen LogP contribution in [0.15, 0.2) is 24.3 Å². The number of benzene rings is 1. The minimum absolute atomic E-state index is 0.00220. The average Bonchev–Trinajstić information content (AvgIpc) is 2.46. The Morgan fingerprint density at radius 2 is 2.35 bits per heavy atom. The Bertz CT molecular complexity index is 464. The van der Waals surface area contributed by atoms with Gasteiger partial charge in [-0.05, 0) is 32.0 Å². The molecule has 1 aromatic rings. The van der Waals surface area contributed by atoms with Gasteiger partial charge in [0.1, 0.15) is 5.75 Å². The van der Waals surface area contributed by atoms with Crippen molar-refractivity contribution in [2.45, 2.75) is 26.1 Å². The average molecular weight is 298 g/mol. The number of hydrogen-bond donors (Lipinski definition) is 0. The van der Waals surface area contributed by atoms with Crippen molar-refractivity contribution in [1.82, 2.24) is 4.90 Å². The first kappa shape index (κ1) is 15.1. The van der Waals surface area contributed by atoms with Crippen LogP contribution in [0.1, 0.15) is 24.2 Å². The summed E-state index contributed by atoms with van der Waals surface area (Å²) in [7, 11) is 0. The molecule has 0 radical (unpaired) electrons. The summed E-state index contributed by atoms with van der Waals surface area (Å²) < 4.78 is 11.1. The lowest BCUT2D eigenvalue weighted by Crippen LogP contribution is -2.46. The number of halogens is 1. The van der Waals surface area contributed by atoms with Gasteiger partial charge in [0.05, 0.1) is 24.7 Å². The fraction of sp³-hybridized carbons (Fsp3) is 0.533. The first-order chi connectivity index (χ1) is 9.60. The van der Waals surface area contributed by atoms with Crippen LogP contribution >= 0.6 is 11.6 Å². The number of amides is 1. The molecule has 1 unspecified atom stereocenters. The maximum atomic E-state index is 12.5. The summed E-state index contributed by atoms with van der Waals surface area (Å²) in [5, 5.41) is 0. The second-order valence-corrected chi connectivity index (χ2v) is 5.40. The highest BCUT2D eigenvalue weighted by atomic mass is 35.5. The Morgan fingerprint density at radius 3 is 3.05 bits per heavy atom. The predicted octanol–water partition coefficient (Wildman–Crippen LogP) is 2.55. The van der Waals surface area contributed by atoms with E-state index in [9.17, 15) is 4.79 Å². The van der Waals surface area contributed by atoms with E-state index in [-0.39, 0.29) is 18.1 Å². The van der Waals surface area contributed by atoms with Gasteiger partial charge in [0.25, 0.3) is 5.91 Å². The van der Waals surface area contributed by atoms with E-state index in [2.05, 4.69) is 0 Å². The Kier molecular flexibility index (Phi) is 5.26. The van der Waals surface area contributed by atoms with Crippen LogP contribution < -0.4 is 4.74 Å². The molecule has 4 nitrogen and oxygen atoms in total. The number of alkyl halides is 1. The highest BCUT2D eigenvalue weighted by Crippen LogP contribution is 2.18. The molecule has 1 aliphatic heterocycles. The first-order valence-electron chi connectivity index (χ1n) is 6.83. The van der Waals surface area contributed by atoms with Crippen LogP contribution in [-0.2, 0) is 4.74 Å². The van der Waals surface area contributed by atoms with E-state index in [1.165, 1.54) is 0 Å². The normalized spacial score (nSPS) is 19.2. The van der Waals surface area contributed by atoms with Crippen molar-refractivity contribution in [2.75, 3.05) is 25.6 Å². The van der Waals surface area contributed by atoms with E-state index in [1.807, 2.05) is 26.0 Å². The molecule has 5 heteroatoms. The van der Waals surface area contributed by atoms with Crippen molar-refractivity contribution in [3.63, 3.8) is 0 Å². The lowest BCUT2D eigenvalue weighted by atomic mass is 10.1. The molecule has 1 fully saturated rings. The summed E-state index contributed by atoms with van der Waals surface area (Å²) in [5.41, 5.74) is 0.637. The lowest BCUT2D eigenvalue weighted by Gasteiger charge is -2.32. The fourth-order valence-electron chi connectivity index (χ4n) is 2.15. The number of carbonyl (C=O) groups excluding carboxylic acids is 1. The molecule has 1 amide bonds. The molecule has 1 saturated heterocycles. The summed E-state index contributed by atoms with van der Waals surface area (Å²) in [6, 6.07) is 7.29. The standard InChI is InChI=1S/C15H20ClNO3/c1-11(2)20-13-5-3-4-12(8-13)15(18)17-6-7-19-14(9-16)10-17/h3-5,8,11,14H,6-7,9-10H2,1-2H3. The van der Waals surface area contributed by atoms with Crippen LogP contribution in [0.4, 0.5) is 0 Å². The van der Waals surface area contributed by atoms with E-state index >= 15 is 0 Å². The molecular weight excluding hydrogens is 278 g/mol. The van der Waals surface area contributed by atoms with Crippen molar-refractivity contribution in [3.8, 4) is 5.75 Å². The lowest BCUT2D eigenvalue weighted by molar-refractivity contribution is -0.0108. The molecule has 1 atom stereocenters. The van der Waals surface area contributed by atoms with E-state index in [0.29, 0.717) is 36.9 Å². The van der Waals surface area contributed by atoms with E-state index in [1.54, 1.807) is 17.0 Å². The highest BCUT2D eigenvalue weighted by Gasteiger charge is 2.24. The summed E-state index contributed by atoms with van der Waals surface area (Å²) >= 11 is 5.80. The van der Waals surface area contributed by atoms with Crippen molar-refractivity contribution < 1.29 is 14.3 Å². The van der Waals surface area contributed by atoms with Crippen molar-refractivity contribution in [3.05, 3.63) is 29.8 Å². The molecule has 110 valence electrons. The van der Waals surface area contributed by atoms with Gasteiger partial charge in [0.2, 0.25) is 0 Å². The number of ether oxygens (including phenoxy) is 2. The van der Waals surface area contributed by atoms with Crippen molar-refractivity contribution >= 4 is 17.5 Å². The van der Waals surface area contributed by atoms with Crippen LogP contribution in [0.3, 0.4) is 0 Å². The van der Waals surface area contributed by atoms with Gasteiger partial charge >= 0.3 is 0 Å². The molecular formula is C15H20ClNO3. The zero-order valence-electron chi connectivity index (χ0n) is 11.8. The molecule has 2 rings (SSSR count). The molecule has 20 heavy (non-hydrogen) atoms. The molecule has 1 aliphatic rings. The third-order valence-electron chi connectivity index (χ3n) is 3.05. The number of hydrogen-bond acceptors (Lipinski definition) is 3. The Morgan fingerprint density at radius 1 is 1.55 bits per heavy atom. The second-order valence-electron chi connectivity index (χ2n) is 5.09. The molecule has 0 bridgehead atoms. The SMILES string of the molecule is CC(C)Oc1cccc(C(=O)N2CCOC(CCl)C2)c1. The van der Waals surface area contributed by atoms with Crippen LogP contribution in [0, 0.1) is 0 Å². The van der Waals surface area contributed by atoms with Gasteiger partial charge in [-0.15, -0.1) is 11.6 Å². The topological polar surface area (TPSA) is 38.8 Å². The number of nitrogens with zero attached hydrogens (tertiary/aromatic N) is 1. The van der Waals surface area contributed by atoms with Gasteiger partial charge in [-0.3, -0.25) is 4.79 Å². The number of carbonyl (C=O) groups is 1. The summed E-state index contributed by atoms with van der Waals surface area (Å²) in [4.78, 5) is 14.3. The largest absolute Gasteiger partial charge is 0.491 e. The van der Waals surface area contributed by atoms with Gasteiger partial charge in [-0.1, -0.05) is 6.07 Å². The van der Waals surface area contributed by atoms with Crippen LogP contribution in [0.5, 0.6) is 5.75 Å². The van der Waals surface area contributed by atoms with Crippen molar-refractivity contribution in [2.24, 2.45) is 0 Å². The molecule has 0 saturated carbocycles. The molecule has 0 N–H and O–H groups in total. The third kappa shape index (κ3) is 3.87. The first-order valence-corrected chi connectivity index (χ1v) is 7.37. The summed E-state index contributed by atoms with van der Waals surface area (Å²) in [6.07, 6.45) is 0.00818. The van der Waals surface area contributed by atoms with Crippen LogP contribution in [-0.4, -0.2) is 48.6 Å². The minimum Gasteiger partial charge on any atom is -0.491 e. The zero-order chi connectivity index (χ0) is 14.5. The Balaban J connectivity index is 2.08. The summed E-state index contributed by atoms with van der Waals surface area (Å²) in [6.45, 7) is 5.59. The molecule has 1 heterocycles. The fourth-order valence-corrected chi connectivity index (χ4v) is 2.34. The van der Waals surface area contributed by atoms with Crippen molar-refractivity contribution in [1.29, 1.82) is 0 Å². The maximum Gasteiger partial charge on any atom is 0.254 e. The third-order valence-corrected chi connectivity index (χ3v) is 3.40. The summed E-state index contributed by atoms with van der Waals surface area (Å²) in [5.74, 6) is 1.12. The van der Waals surface area contributed by atoms with Gasteiger partial charge in [-0.2, -0.15) is 0 Å². The van der Waals surface area contributed by atoms with E-state index in [4.69, 9.17) is 21.1 Å². The molecule has 0 aliphatic carbocycles. The van der Waals surface area contributed by atoms with Gasteiger partial charge in [0, 0.05) is 18.7 Å². The van der Waals surface area contributed by atoms with E-state index < -0.39 is 0 Å².